The summed E-state index contributed by atoms with van der Waals surface area (Å²) in [5.74, 6) is 0.137. The number of carbonyl (C=O) groups is 1. The highest BCUT2D eigenvalue weighted by atomic mass is 32.2. The summed E-state index contributed by atoms with van der Waals surface area (Å²) >= 11 is 1.44. The van der Waals surface area contributed by atoms with Gasteiger partial charge in [-0.25, -0.2) is 4.68 Å². The number of benzene rings is 1. The van der Waals surface area contributed by atoms with E-state index >= 15 is 0 Å². The minimum Gasteiger partial charge on any atom is -0.311 e. The van der Waals surface area contributed by atoms with Gasteiger partial charge >= 0.3 is 0 Å². The Morgan fingerprint density at radius 3 is 2.71 bits per heavy atom. The first-order valence-electron chi connectivity index (χ1n) is 6.92. The number of piperidine rings is 1. The van der Waals surface area contributed by atoms with Crippen molar-refractivity contribution in [2.45, 2.75) is 30.2 Å². The molecule has 0 radical (unpaired) electrons. The molecule has 1 saturated heterocycles. The van der Waals surface area contributed by atoms with Gasteiger partial charge in [0.1, 0.15) is 0 Å². The highest BCUT2D eigenvalue weighted by Crippen LogP contribution is 2.31. The van der Waals surface area contributed by atoms with Crippen molar-refractivity contribution < 1.29 is 4.79 Å². The number of anilines is 1. The summed E-state index contributed by atoms with van der Waals surface area (Å²) in [4.78, 5) is 14.5. The maximum absolute atomic E-state index is 12.7. The van der Waals surface area contributed by atoms with Crippen molar-refractivity contribution in [2.24, 2.45) is 7.05 Å². The second-order valence-corrected chi connectivity index (χ2v) is 6.33. The molecule has 110 valence electrons. The Labute approximate surface area is 127 Å². The first-order chi connectivity index (χ1) is 10.1. The Hall–Kier alpha value is -1.89. The van der Waals surface area contributed by atoms with E-state index in [9.17, 15) is 4.79 Å². The Balaban J connectivity index is 1.77. The van der Waals surface area contributed by atoms with Gasteiger partial charge in [-0.3, -0.25) is 4.79 Å². The number of aryl methyl sites for hydroxylation is 2. The van der Waals surface area contributed by atoms with Gasteiger partial charge < -0.3 is 4.90 Å². The van der Waals surface area contributed by atoms with E-state index in [-0.39, 0.29) is 11.2 Å². The lowest BCUT2D eigenvalue weighted by Crippen LogP contribution is -2.43. The van der Waals surface area contributed by atoms with Crippen molar-refractivity contribution in [1.29, 1.82) is 0 Å². The highest BCUT2D eigenvalue weighted by Gasteiger charge is 2.31. The molecule has 1 aromatic carbocycles. The van der Waals surface area contributed by atoms with Crippen molar-refractivity contribution in [2.75, 3.05) is 11.4 Å². The molecular weight excluding hydrogens is 286 g/mol. The molecule has 2 aromatic rings. The van der Waals surface area contributed by atoms with Gasteiger partial charge in [0.05, 0.1) is 5.25 Å². The molecule has 1 atom stereocenters. The number of aromatic nitrogens is 4. The van der Waals surface area contributed by atoms with Gasteiger partial charge in [0.25, 0.3) is 0 Å². The molecule has 1 amide bonds. The standard InChI is InChI=1S/C14H17N5OS/c1-10-5-7-11(8-6-10)19-9-3-4-12(13(19)20)21-14-15-16-17-18(14)2/h5-8,12H,3-4,9H2,1-2H3/t12-/m1/s1. The Bertz CT molecular complexity index is 639. The Morgan fingerprint density at radius 1 is 1.29 bits per heavy atom. The lowest BCUT2D eigenvalue weighted by Gasteiger charge is -2.31. The average Bonchev–Trinajstić information content (AvgIpc) is 2.88. The van der Waals surface area contributed by atoms with Crippen LogP contribution in [0.1, 0.15) is 18.4 Å². The van der Waals surface area contributed by atoms with Crippen molar-refractivity contribution in [3.63, 3.8) is 0 Å². The van der Waals surface area contributed by atoms with Crippen LogP contribution in [-0.2, 0) is 11.8 Å². The summed E-state index contributed by atoms with van der Waals surface area (Å²) in [5, 5.41) is 11.9. The van der Waals surface area contributed by atoms with E-state index in [2.05, 4.69) is 15.5 Å². The van der Waals surface area contributed by atoms with Gasteiger partial charge in [0.15, 0.2) is 0 Å². The highest BCUT2D eigenvalue weighted by molar-refractivity contribution is 8.00. The fourth-order valence-corrected chi connectivity index (χ4v) is 3.42. The van der Waals surface area contributed by atoms with E-state index in [1.54, 1.807) is 11.7 Å². The van der Waals surface area contributed by atoms with Gasteiger partial charge in [-0.2, -0.15) is 0 Å². The molecule has 0 saturated carbocycles. The van der Waals surface area contributed by atoms with Crippen LogP contribution < -0.4 is 4.90 Å². The van der Waals surface area contributed by atoms with Crippen LogP contribution in [0.4, 0.5) is 5.69 Å². The molecule has 6 nitrogen and oxygen atoms in total. The number of nitrogens with zero attached hydrogens (tertiary/aromatic N) is 5. The number of hydrogen-bond acceptors (Lipinski definition) is 5. The van der Waals surface area contributed by atoms with Gasteiger partial charge in [0, 0.05) is 19.3 Å². The maximum atomic E-state index is 12.7. The van der Waals surface area contributed by atoms with Crippen LogP contribution in [0.2, 0.25) is 0 Å². The predicted molar refractivity (Wildman–Crippen MR) is 81.2 cm³/mol. The monoisotopic (exact) mass is 303 g/mol. The van der Waals surface area contributed by atoms with E-state index in [4.69, 9.17) is 0 Å². The minimum atomic E-state index is -0.121. The normalized spacial score (nSPS) is 19.0. The van der Waals surface area contributed by atoms with E-state index in [1.807, 2.05) is 36.1 Å². The third-order valence-electron chi connectivity index (χ3n) is 3.56. The van der Waals surface area contributed by atoms with E-state index in [0.717, 1.165) is 25.1 Å². The molecule has 7 heteroatoms. The van der Waals surface area contributed by atoms with Crippen LogP contribution in [0.25, 0.3) is 0 Å². The smallest absolute Gasteiger partial charge is 0.240 e. The lowest BCUT2D eigenvalue weighted by molar-refractivity contribution is -0.119. The van der Waals surface area contributed by atoms with Gasteiger partial charge in [0.2, 0.25) is 11.1 Å². The molecule has 0 unspecified atom stereocenters. The zero-order valence-corrected chi connectivity index (χ0v) is 12.9. The summed E-state index contributed by atoms with van der Waals surface area (Å²) in [6, 6.07) is 8.08. The SMILES string of the molecule is Cc1ccc(N2CCC[C@@H](Sc3nnnn3C)C2=O)cc1. The number of carbonyl (C=O) groups excluding carboxylic acids is 1. The molecule has 21 heavy (non-hydrogen) atoms. The van der Waals surface area contributed by atoms with Gasteiger partial charge in [-0.15, -0.1) is 5.10 Å². The van der Waals surface area contributed by atoms with Crippen LogP contribution in [0.3, 0.4) is 0 Å². The van der Waals surface area contributed by atoms with Crippen molar-refractivity contribution in [3.05, 3.63) is 29.8 Å². The number of tetrazole rings is 1. The summed E-state index contributed by atoms with van der Waals surface area (Å²) in [5.41, 5.74) is 2.16. The molecule has 0 aliphatic carbocycles. The number of amides is 1. The maximum Gasteiger partial charge on any atom is 0.240 e. The largest absolute Gasteiger partial charge is 0.311 e. The minimum absolute atomic E-state index is 0.121. The van der Waals surface area contributed by atoms with E-state index < -0.39 is 0 Å². The summed E-state index contributed by atoms with van der Waals surface area (Å²) in [7, 11) is 1.79. The first kappa shape index (κ1) is 14.1. The quantitative estimate of drug-likeness (QED) is 0.865. The van der Waals surface area contributed by atoms with Crippen LogP contribution in [0.5, 0.6) is 0 Å². The van der Waals surface area contributed by atoms with Gasteiger partial charge in [-0.05, 0) is 42.3 Å². The molecule has 3 rings (SSSR count). The molecule has 0 N–H and O–H groups in total. The molecular formula is C14H17N5OS. The van der Waals surface area contributed by atoms with Crippen LogP contribution >= 0.6 is 11.8 Å². The zero-order chi connectivity index (χ0) is 14.8. The lowest BCUT2D eigenvalue weighted by atomic mass is 10.1. The number of rotatable bonds is 3. The van der Waals surface area contributed by atoms with Crippen molar-refractivity contribution in [1.82, 2.24) is 20.2 Å². The first-order valence-corrected chi connectivity index (χ1v) is 7.80. The number of hydrogen-bond donors (Lipinski definition) is 0. The molecule has 0 spiro atoms. The molecule has 1 aliphatic heterocycles. The third-order valence-corrected chi connectivity index (χ3v) is 4.84. The molecule has 2 heterocycles. The second kappa shape index (κ2) is 5.85. The Morgan fingerprint density at radius 2 is 2.05 bits per heavy atom. The second-order valence-electron chi connectivity index (χ2n) is 5.16. The topological polar surface area (TPSA) is 63.9 Å². The van der Waals surface area contributed by atoms with E-state index in [1.165, 1.54) is 17.3 Å². The summed E-state index contributed by atoms with van der Waals surface area (Å²) in [6.45, 7) is 2.82. The third kappa shape index (κ3) is 2.92. The zero-order valence-electron chi connectivity index (χ0n) is 12.1. The molecule has 1 aromatic heterocycles. The molecule has 1 fully saturated rings. The molecule has 1 aliphatic rings. The van der Waals surface area contributed by atoms with Crippen LogP contribution in [0, 0.1) is 6.92 Å². The summed E-state index contributed by atoms with van der Waals surface area (Å²) < 4.78 is 1.60. The van der Waals surface area contributed by atoms with Crippen LogP contribution in [-0.4, -0.2) is 37.9 Å². The van der Waals surface area contributed by atoms with Crippen molar-refractivity contribution in [3.8, 4) is 0 Å². The summed E-state index contributed by atoms with van der Waals surface area (Å²) in [6.07, 6.45) is 1.85. The average molecular weight is 303 g/mol. The predicted octanol–water partition coefficient (Wildman–Crippen LogP) is 1.81. The van der Waals surface area contributed by atoms with Gasteiger partial charge in [-0.1, -0.05) is 29.5 Å². The fourth-order valence-electron chi connectivity index (χ4n) is 2.38. The van der Waals surface area contributed by atoms with Crippen LogP contribution in [0.15, 0.2) is 29.4 Å². The van der Waals surface area contributed by atoms with E-state index in [0.29, 0.717) is 5.16 Å². The molecule has 0 bridgehead atoms. The fraction of sp³-hybridized carbons (Fsp3) is 0.429. The van der Waals surface area contributed by atoms with Crippen molar-refractivity contribution >= 4 is 23.4 Å². The Kier molecular flexibility index (Phi) is 3.92. The number of thioether (sulfide) groups is 1.